The number of halogens is 1. The Labute approximate surface area is 156 Å². The number of benzene rings is 2. The van der Waals surface area contributed by atoms with Crippen molar-refractivity contribution in [3.8, 4) is 0 Å². The van der Waals surface area contributed by atoms with E-state index in [0.29, 0.717) is 16.4 Å². The summed E-state index contributed by atoms with van der Waals surface area (Å²) in [6, 6.07) is 14.2. The highest BCUT2D eigenvalue weighted by Crippen LogP contribution is 2.25. The number of hydrogen-bond donors (Lipinski definition) is 3. The van der Waals surface area contributed by atoms with Gasteiger partial charge >= 0.3 is 0 Å². The molecule has 26 heavy (non-hydrogen) atoms. The Balaban J connectivity index is 1.75. The van der Waals surface area contributed by atoms with E-state index in [1.807, 2.05) is 30.3 Å². The lowest BCUT2D eigenvalue weighted by Crippen LogP contribution is -2.28. The first kappa shape index (κ1) is 19.5. The van der Waals surface area contributed by atoms with Crippen LogP contribution in [0.3, 0.4) is 0 Å². The van der Waals surface area contributed by atoms with Crippen LogP contribution in [0.2, 0.25) is 5.02 Å². The molecule has 0 fully saturated rings. The van der Waals surface area contributed by atoms with Crippen LogP contribution in [0.15, 0.2) is 48.5 Å². The second-order valence-corrected chi connectivity index (χ2v) is 6.09. The molecule has 0 aliphatic heterocycles. The van der Waals surface area contributed by atoms with Gasteiger partial charge in [-0.3, -0.25) is 14.4 Å². The first-order chi connectivity index (χ1) is 12.4. The lowest BCUT2D eigenvalue weighted by molar-refractivity contribution is -0.120. The van der Waals surface area contributed by atoms with E-state index >= 15 is 0 Å². The number of amides is 3. The van der Waals surface area contributed by atoms with E-state index in [1.54, 1.807) is 18.2 Å². The first-order valence-electron chi connectivity index (χ1n) is 8.11. The lowest BCUT2D eigenvalue weighted by Gasteiger charge is -2.09. The molecule has 0 aromatic heterocycles. The molecular weight excluding hydrogens is 354 g/mol. The molecule has 136 valence electrons. The normalized spacial score (nSPS) is 10.1. The van der Waals surface area contributed by atoms with Crippen molar-refractivity contribution >= 4 is 40.7 Å². The summed E-state index contributed by atoms with van der Waals surface area (Å²) in [5.74, 6) is -0.602. The maximum atomic E-state index is 12.0. The van der Waals surface area contributed by atoms with Crippen LogP contribution in [0, 0.1) is 0 Å². The van der Waals surface area contributed by atoms with Crippen LogP contribution < -0.4 is 16.0 Å². The molecule has 0 saturated heterocycles. The Kier molecular flexibility index (Phi) is 7.17. The average molecular weight is 374 g/mol. The molecule has 2 rings (SSSR count). The molecule has 2 aromatic carbocycles. The topological polar surface area (TPSA) is 87.3 Å². The summed E-state index contributed by atoms with van der Waals surface area (Å²) in [6.45, 7) is 1.63. The highest BCUT2D eigenvalue weighted by atomic mass is 35.5. The second kappa shape index (κ2) is 9.58. The fraction of sp³-hybridized carbons (Fsp3) is 0.211. The van der Waals surface area contributed by atoms with Gasteiger partial charge in [-0.1, -0.05) is 41.9 Å². The van der Waals surface area contributed by atoms with Crippen molar-refractivity contribution in [1.82, 2.24) is 5.32 Å². The smallest absolute Gasteiger partial charge is 0.226 e. The molecule has 0 heterocycles. The van der Waals surface area contributed by atoms with E-state index in [9.17, 15) is 14.4 Å². The van der Waals surface area contributed by atoms with Gasteiger partial charge < -0.3 is 16.0 Å². The van der Waals surface area contributed by atoms with E-state index in [1.165, 1.54) is 6.92 Å². The number of rotatable bonds is 7. The Morgan fingerprint density at radius 3 is 2.35 bits per heavy atom. The minimum atomic E-state index is -0.242. The second-order valence-electron chi connectivity index (χ2n) is 5.69. The third-order valence-electron chi connectivity index (χ3n) is 3.45. The molecule has 2 aromatic rings. The maximum absolute atomic E-state index is 12.0. The summed E-state index contributed by atoms with van der Waals surface area (Å²) in [6.07, 6.45) is 0.425. The molecule has 3 N–H and O–H groups in total. The third-order valence-corrected chi connectivity index (χ3v) is 3.76. The fourth-order valence-electron chi connectivity index (χ4n) is 2.27. The van der Waals surface area contributed by atoms with Gasteiger partial charge in [-0.2, -0.15) is 0 Å². The van der Waals surface area contributed by atoms with Crippen LogP contribution in [0.5, 0.6) is 0 Å². The van der Waals surface area contributed by atoms with Gasteiger partial charge in [0.05, 0.1) is 17.1 Å². The highest BCUT2D eigenvalue weighted by Gasteiger charge is 2.08. The molecule has 6 nitrogen and oxygen atoms in total. The first-order valence-corrected chi connectivity index (χ1v) is 8.49. The molecule has 0 aliphatic rings. The number of carbonyl (C=O) groups is 3. The minimum Gasteiger partial charge on any atom is -0.355 e. The van der Waals surface area contributed by atoms with Gasteiger partial charge in [0, 0.05) is 25.6 Å². The van der Waals surface area contributed by atoms with Gasteiger partial charge in [-0.15, -0.1) is 0 Å². The quantitative estimate of drug-likeness (QED) is 0.697. The predicted octanol–water partition coefficient (Wildman–Crippen LogP) is 2.99. The molecule has 7 heteroatoms. The number of hydrogen-bond acceptors (Lipinski definition) is 3. The molecule has 0 aliphatic carbocycles. The Morgan fingerprint density at radius 1 is 0.962 bits per heavy atom. The Bertz CT molecular complexity index is 794. The van der Waals surface area contributed by atoms with Crippen LogP contribution in [0.4, 0.5) is 11.4 Å². The van der Waals surface area contributed by atoms with Gasteiger partial charge in [-0.05, 0) is 23.8 Å². The van der Waals surface area contributed by atoms with Crippen molar-refractivity contribution in [3.05, 3.63) is 59.1 Å². The van der Waals surface area contributed by atoms with Crippen LogP contribution in [0.1, 0.15) is 18.9 Å². The highest BCUT2D eigenvalue weighted by molar-refractivity contribution is 6.34. The summed E-state index contributed by atoms with van der Waals surface area (Å²) >= 11 is 6.06. The van der Waals surface area contributed by atoms with Crippen LogP contribution in [0.25, 0.3) is 0 Å². The predicted molar refractivity (Wildman–Crippen MR) is 102 cm³/mol. The van der Waals surface area contributed by atoms with E-state index in [4.69, 9.17) is 11.6 Å². The molecule has 0 atom stereocenters. The summed E-state index contributed by atoms with van der Waals surface area (Å²) in [5, 5.41) is 8.33. The Hall–Kier alpha value is -2.86. The number of anilines is 2. The SMILES string of the molecule is CC(=O)Nc1ccc(NC(=O)CCNC(=O)Cc2ccccc2)cc1Cl. The van der Waals surface area contributed by atoms with Crippen molar-refractivity contribution in [2.75, 3.05) is 17.2 Å². The zero-order valence-electron chi connectivity index (χ0n) is 14.3. The van der Waals surface area contributed by atoms with E-state index in [-0.39, 0.29) is 37.1 Å². The monoisotopic (exact) mass is 373 g/mol. The molecule has 0 saturated carbocycles. The summed E-state index contributed by atoms with van der Waals surface area (Å²) in [7, 11) is 0. The van der Waals surface area contributed by atoms with Gasteiger partial charge in [0.15, 0.2) is 0 Å². The number of carbonyl (C=O) groups excluding carboxylic acids is 3. The average Bonchev–Trinajstić information content (AvgIpc) is 2.58. The van der Waals surface area contributed by atoms with E-state index in [2.05, 4.69) is 16.0 Å². The Morgan fingerprint density at radius 2 is 1.69 bits per heavy atom. The standard InChI is InChI=1S/C19H20ClN3O3/c1-13(24)22-17-8-7-15(12-16(17)20)23-18(25)9-10-21-19(26)11-14-5-3-2-4-6-14/h2-8,12H,9-11H2,1H3,(H,21,26)(H,22,24)(H,23,25). The van der Waals surface area contributed by atoms with Crippen molar-refractivity contribution in [2.24, 2.45) is 0 Å². The third kappa shape index (κ3) is 6.57. The van der Waals surface area contributed by atoms with Crippen molar-refractivity contribution in [3.63, 3.8) is 0 Å². The van der Waals surface area contributed by atoms with E-state index in [0.717, 1.165) is 5.56 Å². The summed E-state index contributed by atoms with van der Waals surface area (Å²) in [5.41, 5.74) is 1.92. The van der Waals surface area contributed by atoms with Crippen LogP contribution >= 0.6 is 11.6 Å². The minimum absolute atomic E-state index is 0.133. The van der Waals surface area contributed by atoms with Crippen LogP contribution in [-0.4, -0.2) is 24.3 Å². The van der Waals surface area contributed by atoms with Crippen LogP contribution in [-0.2, 0) is 20.8 Å². The van der Waals surface area contributed by atoms with Crippen molar-refractivity contribution < 1.29 is 14.4 Å². The van der Waals surface area contributed by atoms with Crippen molar-refractivity contribution in [1.29, 1.82) is 0 Å². The van der Waals surface area contributed by atoms with Crippen molar-refractivity contribution in [2.45, 2.75) is 19.8 Å². The van der Waals surface area contributed by atoms with Gasteiger partial charge in [0.25, 0.3) is 0 Å². The zero-order chi connectivity index (χ0) is 18.9. The lowest BCUT2D eigenvalue weighted by atomic mass is 10.1. The summed E-state index contributed by atoms with van der Waals surface area (Å²) < 4.78 is 0. The van der Waals surface area contributed by atoms with Gasteiger partial charge in [-0.25, -0.2) is 0 Å². The largest absolute Gasteiger partial charge is 0.355 e. The molecule has 3 amide bonds. The molecule has 0 spiro atoms. The number of nitrogens with one attached hydrogen (secondary N) is 3. The maximum Gasteiger partial charge on any atom is 0.226 e. The van der Waals surface area contributed by atoms with Gasteiger partial charge in [0.1, 0.15) is 0 Å². The fourth-order valence-corrected chi connectivity index (χ4v) is 2.49. The molecule has 0 radical (unpaired) electrons. The van der Waals surface area contributed by atoms with Gasteiger partial charge in [0.2, 0.25) is 17.7 Å². The molecule has 0 unspecified atom stereocenters. The molecular formula is C19H20ClN3O3. The molecule has 0 bridgehead atoms. The zero-order valence-corrected chi connectivity index (χ0v) is 15.1. The van der Waals surface area contributed by atoms with E-state index < -0.39 is 0 Å². The summed E-state index contributed by atoms with van der Waals surface area (Å²) in [4.78, 5) is 34.8.